The highest BCUT2D eigenvalue weighted by molar-refractivity contribution is 6.43. The minimum absolute atomic E-state index is 0.164. The van der Waals surface area contributed by atoms with Crippen LogP contribution in [0.4, 0.5) is 0 Å². The summed E-state index contributed by atoms with van der Waals surface area (Å²) in [5.74, 6) is -1.02. The predicted octanol–water partition coefficient (Wildman–Crippen LogP) is 4.68. The summed E-state index contributed by atoms with van der Waals surface area (Å²) in [6.45, 7) is 5.36. The maximum atomic E-state index is 11.6. The Morgan fingerprint density at radius 1 is 1.15 bits per heavy atom. The average molecular weight is 310 g/mol. The topological polar surface area (TPSA) is 50.2 Å². The number of benzene rings is 1. The van der Waals surface area contributed by atoms with Crippen LogP contribution >= 0.6 is 23.2 Å². The van der Waals surface area contributed by atoms with Crippen molar-refractivity contribution >= 4 is 29.2 Å². The predicted molar refractivity (Wildman–Crippen MR) is 80.9 cm³/mol. The van der Waals surface area contributed by atoms with E-state index in [2.05, 4.69) is 4.98 Å². The fourth-order valence-corrected chi connectivity index (χ4v) is 2.63. The number of carboxylic acid groups (broad SMARTS) is 1. The molecule has 1 heterocycles. The van der Waals surface area contributed by atoms with Gasteiger partial charge in [0.2, 0.25) is 0 Å². The summed E-state index contributed by atoms with van der Waals surface area (Å²) in [5.41, 5.74) is 3.39. The van der Waals surface area contributed by atoms with Gasteiger partial charge in [-0.15, -0.1) is 0 Å². The average Bonchev–Trinajstić information content (AvgIpc) is 2.36. The van der Waals surface area contributed by atoms with Crippen LogP contribution in [0.3, 0.4) is 0 Å². The second-order valence-electron chi connectivity index (χ2n) is 4.56. The molecule has 0 saturated heterocycles. The van der Waals surface area contributed by atoms with Gasteiger partial charge in [0.1, 0.15) is 0 Å². The van der Waals surface area contributed by atoms with Crippen LogP contribution in [0, 0.1) is 20.8 Å². The molecular weight excluding hydrogens is 297 g/mol. The van der Waals surface area contributed by atoms with Gasteiger partial charge < -0.3 is 5.11 Å². The molecule has 0 aliphatic carbocycles. The van der Waals surface area contributed by atoms with Crippen LogP contribution in [0.5, 0.6) is 0 Å². The number of aromatic carboxylic acids is 1. The molecule has 0 aliphatic heterocycles. The Labute approximate surface area is 127 Å². The largest absolute Gasteiger partial charge is 0.478 e. The maximum Gasteiger partial charge on any atom is 0.338 e. The highest BCUT2D eigenvalue weighted by Gasteiger charge is 2.22. The molecule has 0 aliphatic rings. The highest BCUT2D eigenvalue weighted by atomic mass is 35.5. The normalized spacial score (nSPS) is 10.7. The minimum atomic E-state index is -1.02. The van der Waals surface area contributed by atoms with Crippen molar-refractivity contribution in [2.24, 2.45) is 0 Å². The van der Waals surface area contributed by atoms with Gasteiger partial charge in [-0.1, -0.05) is 35.3 Å². The van der Waals surface area contributed by atoms with E-state index < -0.39 is 5.97 Å². The molecule has 1 aromatic carbocycles. The number of nitrogens with zero attached hydrogens (tertiary/aromatic N) is 1. The SMILES string of the molecule is Cc1nc(C)c(C(=O)O)c(-c2cccc(Cl)c2Cl)c1C. The van der Waals surface area contributed by atoms with Crippen LogP contribution in [0.1, 0.15) is 27.3 Å². The molecule has 0 radical (unpaired) electrons. The molecular formula is C15H13Cl2NO2. The zero-order valence-corrected chi connectivity index (χ0v) is 12.8. The van der Waals surface area contributed by atoms with Crippen molar-refractivity contribution in [2.75, 3.05) is 0 Å². The Morgan fingerprint density at radius 3 is 2.40 bits per heavy atom. The quantitative estimate of drug-likeness (QED) is 0.876. The third kappa shape index (κ3) is 2.39. The van der Waals surface area contributed by atoms with Gasteiger partial charge in [-0.05, 0) is 32.4 Å². The highest BCUT2D eigenvalue weighted by Crippen LogP contribution is 2.38. The van der Waals surface area contributed by atoms with Crippen LogP contribution in [0.2, 0.25) is 10.0 Å². The fourth-order valence-electron chi connectivity index (χ4n) is 2.24. The summed E-state index contributed by atoms with van der Waals surface area (Å²) >= 11 is 12.3. The summed E-state index contributed by atoms with van der Waals surface area (Å²) < 4.78 is 0. The first-order valence-corrected chi connectivity index (χ1v) is 6.75. The van der Waals surface area contributed by atoms with Crippen molar-refractivity contribution in [3.05, 3.63) is 50.8 Å². The second-order valence-corrected chi connectivity index (χ2v) is 5.35. The molecule has 0 fully saturated rings. The lowest BCUT2D eigenvalue weighted by Crippen LogP contribution is -2.08. The van der Waals surface area contributed by atoms with E-state index in [1.165, 1.54) is 0 Å². The van der Waals surface area contributed by atoms with E-state index in [1.54, 1.807) is 25.1 Å². The molecule has 5 heteroatoms. The van der Waals surface area contributed by atoms with Crippen LogP contribution in [-0.2, 0) is 0 Å². The van der Waals surface area contributed by atoms with E-state index in [1.807, 2.05) is 13.8 Å². The Kier molecular flexibility index (Phi) is 4.02. The lowest BCUT2D eigenvalue weighted by molar-refractivity contribution is 0.0696. The Morgan fingerprint density at radius 2 is 1.80 bits per heavy atom. The Hall–Kier alpha value is -1.58. The van der Waals surface area contributed by atoms with Gasteiger partial charge in [-0.3, -0.25) is 4.98 Å². The van der Waals surface area contributed by atoms with Gasteiger partial charge in [0.15, 0.2) is 0 Å². The first kappa shape index (κ1) is 14.8. The molecule has 1 N–H and O–H groups in total. The zero-order chi connectivity index (χ0) is 15.0. The second kappa shape index (κ2) is 5.43. The number of rotatable bonds is 2. The molecule has 0 saturated carbocycles. The van der Waals surface area contributed by atoms with Gasteiger partial charge in [0.25, 0.3) is 0 Å². The van der Waals surface area contributed by atoms with Crippen LogP contribution in [0.15, 0.2) is 18.2 Å². The first-order valence-electron chi connectivity index (χ1n) is 6.00. The lowest BCUT2D eigenvalue weighted by atomic mass is 9.93. The number of hydrogen-bond acceptors (Lipinski definition) is 2. The van der Waals surface area contributed by atoms with Crippen molar-refractivity contribution in [1.82, 2.24) is 4.98 Å². The standard InChI is InChI=1S/C15H13Cl2NO2/c1-7-8(2)18-9(3)13(15(19)20)12(7)10-5-4-6-11(16)14(10)17/h4-6H,1-3H3,(H,19,20). The van der Waals surface area contributed by atoms with Gasteiger partial charge in [0.05, 0.1) is 21.3 Å². The summed E-state index contributed by atoms with van der Waals surface area (Å²) in [4.78, 5) is 15.8. The smallest absolute Gasteiger partial charge is 0.338 e. The molecule has 0 atom stereocenters. The van der Waals surface area contributed by atoms with Crippen LogP contribution in [0.25, 0.3) is 11.1 Å². The molecule has 1 aromatic heterocycles. The number of hydrogen-bond donors (Lipinski definition) is 1. The van der Waals surface area contributed by atoms with E-state index in [0.717, 1.165) is 11.3 Å². The molecule has 20 heavy (non-hydrogen) atoms. The molecule has 2 rings (SSSR count). The lowest BCUT2D eigenvalue weighted by Gasteiger charge is -2.16. The third-order valence-corrected chi connectivity index (χ3v) is 4.12. The van der Waals surface area contributed by atoms with Gasteiger partial charge in [0, 0.05) is 16.8 Å². The Balaban J connectivity index is 2.92. The first-order chi connectivity index (χ1) is 9.34. The minimum Gasteiger partial charge on any atom is -0.478 e. The molecule has 0 bridgehead atoms. The molecule has 0 unspecified atom stereocenters. The number of carbonyl (C=O) groups is 1. The third-order valence-electron chi connectivity index (χ3n) is 3.30. The van der Waals surface area contributed by atoms with Crippen LogP contribution in [-0.4, -0.2) is 16.1 Å². The number of carboxylic acids is 1. The molecule has 0 amide bonds. The zero-order valence-electron chi connectivity index (χ0n) is 11.3. The molecule has 2 aromatic rings. The van der Waals surface area contributed by atoms with E-state index in [0.29, 0.717) is 26.9 Å². The number of aryl methyl sites for hydroxylation is 2. The summed E-state index contributed by atoms with van der Waals surface area (Å²) in [6.07, 6.45) is 0. The van der Waals surface area contributed by atoms with Crippen molar-refractivity contribution < 1.29 is 9.90 Å². The maximum absolute atomic E-state index is 11.6. The number of pyridine rings is 1. The summed E-state index contributed by atoms with van der Waals surface area (Å²) in [6, 6.07) is 5.19. The Bertz CT molecular complexity index is 712. The monoisotopic (exact) mass is 309 g/mol. The van der Waals surface area contributed by atoms with Crippen LogP contribution < -0.4 is 0 Å². The summed E-state index contributed by atoms with van der Waals surface area (Å²) in [7, 11) is 0. The van der Waals surface area contributed by atoms with Crippen molar-refractivity contribution in [3.8, 4) is 11.1 Å². The fraction of sp³-hybridized carbons (Fsp3) is 0.200. The molecule has 3 nitrogen and oxygen atoms in total. The van der Waals surface area contributed by atoms with Crippen molar-refractivity contribution in [2.45, 2.75) is 20.8 Å². The molecule has 0 spiro atoms. The van der Waals surface area contributed by atoms with E-state index >= 15 is 0 Å². The molecule has 104 valence electrons. The van der Waals surface area contributed by atoms with Gasteiger partial charge in [-0.2, -0.15) is 0 Å². The van der Waals surface area contributed by atoms with Gasteiger partial charge >= 0.3 is 5.97 Å². The van der Waals surface area contributed by atoms with Gasteiger partial charge in [-0.25, -0.2) is 4.79 Å². The van der Waals surface area contributed by atoms with E-state index in [4.69, 9.17) is 23.2 Å². The summed E-state index contributed by atoms with van der Waals surface area (Å²) in [5, 5.41) is 10.2. The van der Waals surface area contributed by atoms with E-state index in [9.17, 15) is 9.90 Å². The van der Waals surface area contributed by atoms with Crippen molar-refractivity contribution in [1.29, 1.82) is 0 Å². The number of aromatic nitrogens is 1. The number of halogens is 2. The van der Waals surface area contributed by atoms with Crippen molar-refractivity contribution in [3.63, 3.8) is 0 Å². The van der Waals surface area contributed by atoms with E-state index in [-0.39, 0.29) is 5.56 Å².